The van der Waals surface area contributed by atoms with E-state index in [9.17, 15) is 18.0 Å². The largest absolute Gasteiger partial charge is 0.496 e. The van der Waals surface area contributed by atoms with Gasteiger partial charge in [-0.05, 0) is 77.7 Å². The molecule has 3 N–H and O–H groups in total. The summed E-state index contributed by atoms with van der Waals surface area (Å²) in [6, 6.07) is 10.9. The molecular formula is C23H28IN3O5S. The molecule has 0 spiro atoms. The zero-order chi connectivity index (χ0) is 23.8. The lowest BCUT2D eigenvalue weighted by molar-refractivity contribution is 0.0951. The molecule has 0 heterocycles. The minimum atomic E-state index is -3.96. The van der Waals surface area contributed by atoms with E-state index in [1.165, 1.54) is 19.2 Å². The first kappa shape index (κ1) is 25.3. The summed E-state index contributed by atoms with van der Waals surface area (Å²) in [6.07, 6.45) is 5.49. The Morgan fingerprint density at radius 3 is 2.42 bits per heavy atom. The predicted molar refractivity (Wildman–Crippen MR) is 134 cm³/mol. The number of hydrogen-bond donors (Lipinski definition) is 3. The first-order valence-corrected chi connectivity index (χ1v) is 13.4. The molecule has 2 aromatic rings. The Bertz CT molecular complexity index is 1080. The summed E-state index contributed by atoms with van der Waals surface area (Å²) in [5.41, 5.74) is 1.32. The maximum atomic E-state index is 12.5. The minimum Gasteiger partial charge on any atom is -0.496 e. The molecule has 0 atom stereocenters. The Hall–Kier alpha value is -2.34. The van der Waals surface area contributed by atoms with Gasteiger partial charge in [0.25, 0.3) is 15.9 Å². The van der Waals surface area contributed by atoms with Crippen LogP contribution in [0.1, 0.15) is 48.0 Å². The highest BCUT2D eigenvalue weighted by Crippen LogP contribution is 2.21. The van der Waals surface area contributed by atoms with Gasteiger partial charge in [0.1, 0.15) is 5.75 Å². The number of urea groups is 1. The molecule has 0 radical (unpaired) electrons. The highest BCUT2D eigenvalue weighted by molar-refractivity contribution is 14.1. The number of carbonyl (C=O) groups excluding carboxylic acids is 2. The molecule has 3 rings (SSSR count). The molecule has 0 saturated heterocycles. The molecule has 3 amide bonds. The number of carbonyl (C=O) groups is 2. The molecule has 10 heteroatoms. The van der Waals surface area contributed by atoms with Crippen LogP contribution in [0, 0.1) is 3.57 Å². The van der Waals surface area contributed by atoms with E-state index >= 15 is 0 Å². The number of amides is 3. The average Bonchev–Trinajstić information content (AvgIpc) is 2.79. The highest BCUT2D eigenvalue weighted by atomic mass is 125. The number of sulfonamides is 1. The van der Waals surface area contributed by atoms with Gasteiger partial charge in [0, 0.05) is 16.2 Å². The van der Waals surface area contributed by atoms with Crippen LogP contribution in [0.25, 0.3) is 0 Å². The van der Waals surface area contributed by atoms with Crippen LogP contribution >= 0.6 is 22.6 Å². The Labute approximate surface area is 208 Å². The molecular weight excluding hydrogens is 555 g/mol. The monoisotopic (exact) mass is 583 g/mol. The third-order valence-corrected chi connectivity index (χ3v) is 7.52. The van der Waals surface area contributed by atoms with E-state index < -0.39 is 16.1 Å². The second kappa shape index (κ2) is 11.7. The molecule has 178 valence electrons. The van der Waals surface area contributed by atoms with Crippen molar-refractivity contribution in [2.75, 3.05) is 13.7 Å². The van der Waals surface area contributed by atoms with Crippen molar-refractivity contribution in [3.05, 3.63) is 57.2 Å². The number of methoxy groups -OCH3 is 1. The van der Waals surface area contributed by atoms with Gasteiger partial charge in [0.05, 0.1) is 17.6 Å². The van der Waals surface area contributed by atoms with Crippen LogP contribution in [-0.2, 0) is 16.4 Å². The number of halogens is 1. The van der Waals surface area contributed by atoms with Crippen LogP contribution in [0.4, 0.5) is 4.79 Å². The van der Waals surface area contributed by atoms with E-state index in [1.54, 1.807) is 24.3 Å². The molecule has 1 fully saturated rings. The van der Waals surface area contributed by atoms with E-state index in [0.29, 0.717) is 24.3 Å². The molecule has 0 aliphatic heterocycles. The predicted octanol–water partition coefficient (Wildman–Crippen LogP) is 3.59. The second-order valence-corrected chi connectivity index (χ2v) is 10.8. The fraction of sp³-hybridized carbons (Fsp3) is 0.391. The van der Waals surface area contributed by atoms with Crippen molar-refractivity contribution in [2.45, 2.75) is 49.5 Å². The van der Waals surface area contributed by atoms with Crippen LogP contribution in [0.3, 0.4) is 0 Å². The molecule has 0 bridgehead atoms. The van der Waals surface area contributed by atoms with E-state index in [1.807, 2.05) is 6.07 Å². The molecule has 0 aromatic heterocycles. The zero-order valence-electron chi connectivity index (χ0n) is 18.4. The van der Waals surface area contributed by atoms with Crippen molar-refractivity contribution in [1.82, 2.24) is 15.4 Å². The summed E-state index contributed by atoms with van der Waals surface area (Å²) in [6.45, 7) is 0.377. The van der Waals surface area contributed by atoms with E-state index in [0.717, 1.165) is 41.2 Å². The number of rotatable bonds is 8. The number of benzene rings is 2. The van der Waals surface area contributed by atoms with Gasteiger partial charge in [-0.3, -0.25) is 4.79 Å². The lowest BCUT2D eigenvalue weighted by atomic mass is 9.96. The molecule has 33 heavy (non-hydrogen) atoms. The van der Waals surface area contributed by atoms with E-state index in [2.05, 4.69) is 37.9 Å². The standard InChI is InChI=1S/C23H28IN3O5S/c1-32-21-12-9-17(24)15-20(21)22(28)25-14-13-16-7-10-19(11-8-16)33(30,31)27-23(29)26-18-5-3-2-4-6-18/h7-12,15,18H,2-6,13-14H2,1H3,(H,25,28)(H2,26,27,29)/i24-2. The molecule has 8 nitrogen and oxygen atoms in total. The summed E-state index contributed by atoms with van der Waals surface area (Å²) < 4.78 is 33.3. The zero-order valence-corrected chi connectivity index (χ0v) is 21.4. The van der Waals surface area contributed by atoms with Gasteiger partial charge in [-0.1, -0.05) is 31.4 Å². The van der Waals surface area contributed by atoms with Gasteiger partial charge in [-0.15, -0.1) is 0 Å². The lowest BCUT2D eigenvalue weighted by Gasteiger charge is -2.22. The van der Waals surface area contributed by atoms with E-state index in [-0.39, 0.29) is 16.8 Å². The summed E-state index contributed by atoms with van der Waals surface area (Å²) >= 11 is 2.13. The van der Waals surface area contributed by atoms with Gasteiger partial charge in [0.2, 0.25) is 0 Å². The topological polar surface area (TPSA) is 114 Å². The smallest absolute Gasteiger partial charge is 0.328 e. The maximum Gasteiger partial charge on any atom is 0.328 e. The summed E-state index contributed by atoms with van der Waals surface area (Å²) in [5, 5.41) is 5.59. The van der Waals surface area contributed by atoms with Crippen LogP contribution < -0.4 is 20.1 Å². The van der Waals surface area contributed by atoms with Crippen LogP contribution in [0.2, 0.25) is 0 Å². The normalized spacial score (nSPS) is 14.4. The Morgan fingerprint density at radius 1 is 1.06 bits per heavy atom. The van der Waals surface area contributed by atoms with Crippen molar-refractivity contribution >= 4 is 44.6 Å². The van der Waals surface area contributed by atoms with Gasteiger partial charge < -0.3 is 15.4 Å². The summed E-state index contributed by atoms with van der Waals surface area (Å²) in [4.78, 5) is 24.6. The van der Waals surface area contributed by atoms with Gasteiger partial charge in [-0.2, -0.15) is 0 Å². The van der Waals surface area contributed by atoms with Crippen molar-refractivity contribution in [3.8, 4) is 5.75 Å². The Morgan fingerprint density at radius 2 is 1.76 bits per heavy atom. The lowest BCUT2D eigenvalue weighted by Crippen LogP contribution is -2.45. The first-order valence-electron chi connectivity index (χ1n) is 10.8. The van der Waals surface area contributed by atoms with Crippen LogP contribution in [0.5, 0.6) is 5.75 Å². The van der Waals surface area contributed by atoms with E-state index in [4.69, 9.17) is 4.74 Å². The first-order chi connectivity index (χ1) is 15.8. The van der Waals surface area contributed by atoms with Crippen molar-refractivity contribution in [2.24, 2.45) is 0 Å². The van der Waals surface area contributed by atoms with Crippen LogP contribution in [0.15, 0.2) is 47.4 Å². The molecule has 1 aliphatic rings. The third-order valence-electron chi connectivity index (χ3n) is 5.51. The number of nitrogens with one attached hydrogen (secondary N) is 3. The minimum absolute atomic E-state index is 0.0117. The fourth-order valence-corrected chi connectivity index (χ4v) is 5.16. The van der Waals surface area contributed by atoms with Crippen molar-refractivity contribution < 1.29 is 22.7 Å². The molecule has 2 aromatic carbocycles. The average molecular weight is 583 g/mol. The van der Waals surface area contributed by atoms with Crippen LogP contribution in [-0.4, -0.2) is 40.1 Å². The quantitative estimate of drug-likeness (QED) is 0.412. The third kappa shape index (κ3) is 7.32. The fourth-order valence-electron chi connectivity index (χ4n) is 3.75. The number of ether oxygens (including phenoxy) is 1. The SMILES string of the molecule is COc1ccc([125I])cc1C(=O)NCCc1ccc(S(=O)(=O)NC(=O)NC2CCCCC2)cc1. The maximum absolute atomic E-state index is 12.5. The highest BCUT2D eigenvalue weighted by Gasteiger charge is 2.21. The second-order valence-electron chi connectivity index (χ2n) is 7.91. The Kier molecular flexibility index (Phi) is 8.95. The van der Waals surface area contributed by atoms with Gasteiger partial charge in [-0.25, -0.2) is 17.9 Å². The van der Waals surface area contributed by atoms with Gasteiger partial charge >= 0.3 is 6.03 Å². The molecule has 1 saturated carbocycles. The van der Waals surface area contributed by atoms with Crippen molar-refractivity contribution in [1.29, 1.82) is 0 Å². The van der Waals surface area contributed by atoms with Crippen molar-refractivity contribution in [3.63, 3.8) is 0 Å². The Balaban J connectivity index is 1.51. The summed E-state index contributed by atoms with van der Waals surface area (Å²) in [5.74, 6) is 0.264. The molecule has 1 aliphatic carbocycles. The van der Waals surface area contributed by atoms with Gasteiger partial charge in [0.15, 0.2) is 0 Å². The molecule has 0 unspecified atom stereocenters. The summed E-state index contributed by atoms with van der Waals surface area (Å²) in [7, 11) is -2.44. The number of hydrogen-bond acceptors (Lipinski definition) is 5.